The molecule has 0 saturated carbocycles. The van der Waals surface area contributed by atoms with Crippen molar-refractivity contribution in [2.75, 3.05) is 0 Å². The summed E-state index contributed by atoms with van der Waals surface area (Å²) in [6, 6.07) is 0. The number of alkyl halides is 1. The van der Waals surface area contributed by atoms with Crippen molar-refractivity contribution in [2.45, 2.75) is 26.1 Å². The van der Waals surface area contributed by atoms with E-state index in [1.54, 1.807) is 0 Å². The number of rotatable bonds is 2. The van der Waals surface area contributed by atoms with Crippen LogP contribution in [-0.2, 0) is 12.2 Å². The van der Waals surface area contributed by atoms with Crippen LogP contribution in [0.4, 0.5) is 4.39 Å². The fourth-order valence-corrected chi connectivity index (χ4v) is 0.679. The third-order valence-corrected chi connectivity index (χ3v) is 1.31. The highest BCUT2D eigenvalue weighted by molar-refractivity contribution is 5.02. The summed E-state index contributed by atoms with van der Waals surface area (Å²) in [5, 5.41) is 0. The Morgan fingerprint density at radius 3 is 2.64 bits per heavy atom. The lowest BCUT2D eigenvalue weighted by molar-refractivity contribution is 0.175. The summed E-state index contributed by atoms with van der Waals surface area (Å²) in [6.07, 6.45) is 1.36. The SMILES string of the molecule is CC(C)(F)c1cnc(CN)o1. The molecule has 62 valence electrons. The summed E-state index contributed by atoms with van der Waals surface area (Å²) in [5.41, 5.74) is 3.76. The molecule has 0 saturated heterocycles. The topological polar surface area (TPSA) is 52.0 Å². The van der Waals surface area contributed by atoms with Gasteiger partial charge in [-0.15, -0.1) is 0 Å². The van der Waals surface area contributed by atoms with E-state index in [9.17, 15) is 4.39 Å². The minimum absolute atomic E-state index is 0.204. The average Bonchev–Trinajstić information content (AvgIpc) is 2.32. The maximum Gasteiger partial charge on any atom is 0.208 e. The molecule has 0 bridgehead atoms. The molecule has 0 unspecified atom stereocenters. The van der Waals surface area contributed by atoms with Gasteiger partial charge in [-0.3, -0.25) is 0 Å². The highest BCUT2D eigenvalue weighted by Crippen LogP contribution is 2.24. The lowest BCUT2D eigenvalue weighted by Gasteiger charge is -2.08. The predicted octanol–water partition coefficient (Wildman–Crippen LogP) is 1.34. The van der Waals surface area contributed by atoms with Gasteiger partial charge in [0.25, 0.3) is 0 Å². The van der Waals surface area contributed by atoms with Crippen LogP contribution in [0.1, 0.15) is 25.5 Å². The lowest BCUT2D eigenvalue weighted by Crippen LogP contribution is -2.07. The van der Waals surface area contributed by atoms with Crippen molar-refractivity contribution in [1.82, 2.24) is 4.98 Å². The van der Waals surface area contributed by atoms with Gasteiger partial charge in [-0.1, -0.05) is 0 Å². The first-order valence-corrected chi connectivity index (χ1v) is 3.38. The molecule has 0 aliphatic heterocycles. The van der Waals surface area contributed by atoms with Gasteiger partial charge in [0, 0.05) is 0 Å². The molecule has 3 nitrogen and oxygen atoms in total. The molecule has 11 heavy (non-hydrogen) atoms. The first-order valence-electron chi connectivity index (χ1n) is 3.38. The number of nitrogens with zero attached hydrogens (tertiary/aromatic N) is 1. The summed E-state index contributed by atoms with van der Waals surface area (Å²) in [4.78, 5) is 3.77. The van der Waals surface area contributed by atoms with E-state index in [1.165, 1.54) is 20.0 Å². The first-order chi connectivity index (χ1) is 5.04. The van der Waals surface area contributed by atoms with E-state index in [0.717, 1.165) is 0 Å². The Hall–Kier alpha value is -0.900. The van der Waals surface area contributed by atoms with Crippen LogP contribution in [0.2, 0.25) is 0 Å². The monoisotopic (exact) mass is 158 g/mol. The van der Waals surface area contributed by atoms with Crippen molar-refractivity contribution in [1.29, 1.82) is 0 Å². The zero-order chi connectivity index (χ0) is 8.48. The van der Waals surface area contributed by atoms with E-state index in [4.69, 9.17) is 10.2 Å². The Morgan fingerprint density at radius 2 is 2.36 bits per heavy atom. The molecule has 0 aromatic carbocycles. The summed E-state index contributed by atoms with van der Waals surface area (Å²) in [6.45, 7) is 3.03. The Kier molecular flexibility index (Phi) is 1.95. The quantitative estimate of drug-likeness (QED) is 0.706. The summed E-state index contributed by atoms with van der Waals surface area (Å²) < 4.78 is 18.1. The van der Waals surface area contributed by atoms with Gasteiger partial charge in [0.1, 0.15) is 0 Å². The van der Waals surface area contributed by atoms with Crippen LogP contribution in [-0.4, -0.2) is 4.98 Å². The summed E-state index contributed by atoms with van der Waals surface area (Å²) in [5.74, 6) is 0.587. The molecule has 0 atom stereocenters. The molecule has 0 radical (unpaired) electrons. The highest BCUT2D eigenvalue weighted by atomic mass is 19.1. The molecular formula is C7H11FN2O. The molecule has 1 aromatic heterocycles. The third-order valence-electron chi connectivity index (χ3n) is 1.31. The fraction of sp³-hybridized carbons (Fsp3) is 0.571. The normalized spacial score (nSPS) is 12.0. The smallest absolute Gasteiger partial charge is 0.208 e. The maximum absolute atomic E-state index is 13.1. The van der Waals surface area contributed by atoms with Gasteiger partial charge < -0.3 is 10.2 Å². The van der Waals surface area contributed by atoms with Crippen LogP contribution in [0.15, 0.2) is 10.6 Å². The second-order valence-electron chi connectivity index (χ2n) is 2.79. The number of hydrogen-bond donors (Lipinski definition) is 1. The molecule has 0 fully saturated rings. The van der Waals surface area contributed by atoms with Crippen LogP contribution < -0.4 is 5.73 Å². The van der Waals surface area contributed by atoms with E-state index >= 15 is 0 Å². The fourth-order valence-electron chi connectivity index (χ4n) is 0.679. The van der Waals surface area contributed by atoms with Crippen LogP contribution in [0.3, 0.4) is 0 Å². The number of oxazole rings is 1. The molecular weight excluding hydrogens is 147 g/mol. The number of halogens is 1. The molecule has 1 heterocycles. The molecule has 0 spiro atoms. The van der Waals surface area contributed by atoms with Gasteiger partial charge >= 0.3 is 0 Å². The summed E-state index contributed by atoms with van der Waals surface area (Å²) >= 11 is 0. The van der Waals surface area contributed by atoms with Crippen molar-refractivity contribution >= 4 is 0 Å². The number of aromatic nitrogens is 1. The van der Waals surface area contributed by atoms with Gasteiger partial charge in [-0.2, -0.15) is 0 Å². The standard InChI is InChI=1S/C7H11FN2O/c1-7(2,8)5-4-10-6(3-9)11-5/h4H,3,9H2,1-2H3. The Balaban J connectivity index is 2.89. The Labute approximate surface area is 64.4 Å². The molecule has 2 N–H and O–H groups in total. The van der Waals surface area contributed by atoms with Crippen molar-refractivity contribution in [3.8, 4) is 0 Å². The zero-order valence-electron chi connectivity index (χ0n) is 6.60. The number of hydrogen-bond acceptors (Lipinski definition) is 3. The zero-order valence-corrected chi connectivity index (χ0v) is 6.60. The van der Waals surface area contributed by atoms with E-state index in [1.807, 2.05) is 0 Å². The molecule has 0 aliphatic rings. The molecule has 0 aliphatic carbocycles. The maximum atomic E-state index is 13.1. The van der Waals surface area contributed by atoms with Crippen LogP contribution in [0.25, 0.3) is 0 Å². The van der Waals surface area contributed by atoms with Crippen LogP contribution in [0, 0.1) is 0 Å². The van der Waals surface area contributed by atoms with Crippen molar-refractivity contribution in [2.24, 2.45) is 5.73 Å². The van der Waals surface area contributed by atoms with Gasteiger partial charge in [0.15, 0.2) is 11.4 Å². The molecule has 1 rings (SSSR count). The second kappa shape index (κ2) is 2.62. The van der Waals surface area contributed by atoms with E-state index in [-0.39, 0.29) is 12.3 Å². The van der Waals surface area contributed by atoms with Crippen molar-refractivity contribution in [3.63, 3.8) is 0 Å². The Bertz CT molecular complexity index is 239. The van der Waals surface area contributed by atoms with E-state index in [2.05, 4.69) is 4.98 Å². The van der Waals surface area contributed by atoms with E-state index in [0.29, 0.717) is 5.89 Å². The van der Waals surface area contributed by atoms with Gasteiger partial charge in [0.05, 0.1) is 12.7 Å². The van der Waals surface area contributed by atoms with Crippen molar-refractivity contribution in [3.05, 3.63) is 17.8 Å². The molecule has 4 heteroatoms. The van der Waals surface area contributed by atoms with Crippen molar-refractivity contribution < 1.29 is 8.81 Å². The molecule has 1 aromatic rings. The minimum atomic E-state index is -1.47. The van der Waals surface area contributed by atoms with Crippen LogP contribution >= 0.6 is 0 Å². The predicted molar refractivity (Wildman–Crippen MR) is 38.5 cm³/mol. The molecule has 0 amide bonds. The Morgan fingerprint density at radius 1 is 1.73 bits per heavy atom. The highest BCUT2D eigenvalue weighted by Gasteiger charge is 2.23. The van der Waals surface area contributed by atoms with Gasteiger partial charge in [-0.05, 0) is 13.8 Å². The van der Waals surface area contributed by atoms with Gasteiger partial charge in [0.2, 0.25) is 5.89 Å². The van der Waals surface area contributed by atoms with Crippen LogP contribution in [0.5, 0.6) is 0 Å². The van der Waals surface area contributed by atoms with E-state index < -0.39 is 5.67 Å². The lowest BCUT2D eigenvalue weighted by atomic mass is 10.1. The average molecular weight is 158 g/mol. The number of nitrogens with two attached hydrogens (primary N) is 1. The first kappa shape index (κ1) is 8.20. The third kappa shape index (κ3) is 1.77. The second-order valence-corrected chi connectivity index (χ2v) is 2.79. The largest absolute Gasteiger partial charge is 0.441 e. The summed E-state index contributed by atoms with van der Waals surface area (Å²) in [7, 11) is 0. The minimum Gasteiger partial charge on any atom is -0.441 e. The van der Waals surface area contributed by atoms with Gasteiger partial charge in [-0.25, -0.2) is 9.37 Å².